The fourth-order valence-corrected chi connectivity index (χ4v) is 6.45. The zero-order valence-corrected chi connectivity index (χ0v) is 16.1. The zero-order chi connectivity index (χ0) is 17.9. The predicted molar refractivity (Wildman–Crippen MR) is 96.1 cm³/mol. The molecule has 3 aliphatic carbocycles. The van der Waals surface area contributed by atoms with Crippen LogP contribution in [0, 0.1) is 28.1 Å². The maximum atomic E-state index is 12.3. The molecule has 0 heterocycles. The molecule has 0 spiro atoms. The van der Waals surface area contributed by atoms with Gasteiger partial charge in [0, 0.05) is 12.3 Å². The molecule has 0 amide bonds. The molecule has 136 valence electrons. The molecule has 0 aromatic rings. The van der Waals surface area contributed by atoms with Gasteiger partial charge in [-0.05, 0) is 72.7 Å². The first-order valence-electron chi connectivity index (χ1n) is 9.26. The summed E-state index contributed by atoms with van der Waals surface area (Å²) in [6.07, 6.45) is 5.04. The minimum Gasteiger partial charge on any atom is -0.504 e. The van der Waals surface area contributed by atoms with Crippen molar-refractivity contribution in [3.05, 3.63) is 11.3 Å². The van der Waals surface area contributed by atoms with Crippen molar-refractivity contribution in [1.29, 1.82) is 0 Å². The van der Waals surface area contributed by atoms with E-state index in [-0.39, 0.29) is 39.6 Å². The van der Waals surface area contributed by atoms with E-state index < -0.39 is 6.10 Å². The van der Waals surface area contributed by atoms with Gasteiger partial charge in [0.15, 0.2) is 11.5 Å². The van der Waals surface area contributed by atoms with Crippen molar-refractivity contribution in [2.75, 3.05) is 5.88 Å². The third-order valence-corrected chi connectivity index (χ3v) is 8.57. The molecule has 2 saturated carbocycles. The van der Waals surface area contributed by atoms with E-state index in [4.69, 9.17) is 11.6 Å². The number of ketones is 1. The number of hydrogen-bond acceptors (Lipinski definition) is 3. The molecule has 1 unspecified atom stereocenters. The highest BCUT2D eigenvalue weighted by molar-refractivity contribution is 6.18. The molecule has 0 bridgehead atoms. The van der Waals surface area contributed by atoms with Crippen LogP contribution in [0.1, 0.15) is 66.2 Å². The lowest BCUT2D eigenvalue weighted by atomic mass is 9.42. The SMILES string of the molecule is CC1=C(O)C(=O)C[C@@H]2[C@]3(C)CC[C@](C)(C(O)CCl)C[C@@H]3CC[C@]12C. The molecule has 2 N–H and O–H groups in total. The fraction of sp³-hybridized carbons (Fsp3) is 0.850. The Hall–Kier alpha value is -0.540. The summed E-state index contributed by atoms with van der Waals surface area (Å²) >= 11 is 5.94. The van der Waals surface area contributed by atoms with Gasteiger partial charge in [-0.2, -0.15) is 0 Å². The molecular weight excluding hydrogens is 324 g/mol. The normalized spacial score (nSPS) is 47.2. The van der Waals surface area contributed by atoms with E-state index in [0.29, 0.717) is 12.3 Å². The van der Waals surface area contributed by atoms with Crippen LogP contribution in [-0.4, -0.2) is 28.0 Å². The molecule has 2 fully saturated rings. The molecule has 0 aromatic carbocycles. The Morgan fingerprint density at radius 3 is 2.54 bits per heavy atom. The number of carbonyl (C=O) groups is 1. The quantitative estimate of drug-likeness (QED) is 0.711. The lowest BCUT2D eigenvalue weighted by molar-refractivity contribution is -0.141. The maximum absolute atomic E-state index is 12.3. The van der Waals surface area contributed by atoms with Gasteiger partial charge in [-0.1, -0.05) is 20.8 Å². The highest BCUT2D eigenvalue weighted by Gasteiger charge is 2.60. The average Bonchev–Trinajstić information content (AvgIpc) is 2.56. The first kappa shape index (κ1) is 18.3. The Balaban J connectivity index is 1.95. The van der Waals surface area contributed by atoms with Gasteiger partial charge in [0.05, 0.1) is 6.10 Å². The van der Waals surface area contributed by atoms with Crippen molar-refractivity contribution >= 4 is 17.4 Å². The molecule has 4 heteroatoms. The highest BCUT2D eigenvalue weighted by Crippen LogP contribution is 2.66. The predicted octanol–water partition coefficient (Wildman–Crippen LogP) is 4.62. The van der Waals surface area contributed by atoms with Crippen LogP contribution in [-0.2, 0) is 4.79 Å². The summed E-state index contributed by atoms with van der Waals surface area (Å²) in [5, 5.41) is 20.6. The Bertz CT molecular complexity index is 585. The molecule has 24 heavy (non-hydrogen) atoms. The van der Waals surface area contributed by atoms with Crippen LogP contribution in [0.4, 0.5) is 0 Å². The molecule has 0 aromatic heterocycles. The Kier molecular flexibility index (Phi) is 4.36. The van der Waals surface area contributed by atoms with E-state index >= 15 is 0 Å². The van der Waals surface area contributed by atoms with Crippen molar-refractivity contribution in [2.45, 2.75) is 72.3 Å². The second kappa shape index (κ2) is 5.74. The van der Waals surface area contributed by atoms with Crippen LogP contribution in [0.15, 0.2) is 11.3 Å². The topological polar surface area (TPSA) is 57.5 Å². The number of rotatable bonds is 2. The number of fused-ring (bicyclic) bond motifs is 3. The minimum atomic E-state index is -0.462. The maximum Gasteiger partial charge on any atom is 0.197 e. The largest absolute Gasteiger partial charge is 0.504 e. The van der Waals surface area contributed by atoms with Crippen molar-refractivity contribution in [3.63, 3.8) is 0 Å². The van der Waals surface area contributed by atoms with Gasteiger partial charge in [0.25, 0.3) is 0 Å². The molecular formula is C20H31ClO3. The Morgan fingerprint density at radius 1 is 1.25 bits per heavy atom. The molecule has 3 nitrogen and oxygen atoms in total. The van der Waals surface area contributed by atoms with Crippen LogP contribution >= 0.6 is 11.6 Å². The lowest BCUT2D eigenvalue weighted by Gasteiger charge is -2.62. The monoisotopic (exact) mass is 354 g/mol. The zero-order valence-electron chi connectivity index (χ0n) is 15.4. The van der Waals surface area contributed by atoms with Crippen LogP contribution in [0.3, 0.4) is 0 Å². The lowest BCUT2D eigenvalue weighted by Crippen LogP contribution is -2.56. The van der Waals surface area contributed by atoms with E-state index in [1.54, 1.807) is 0 Å². The molecule has 0 aliphatic heterocycles. The highest BCUT2D eigenvalue weighted by atomic mass is 35.5. The van der Waals surface area contributed by atoms with Crippen molar-refractivity contribution < 1.29 is 15.0 Å². The van der Waals surface area contributed by atoms with Gasteiger partial charge in [-0.15, -0.1) is 11.6 Å². The molecule has 6 atom stereocenters. The third kappa shape index (κ3) is 2.38. The number of aliphatic hydroxyl groups excluding tert-OH is 2. The summed E-state index contributed by atoms with van der Waals surface area (Å²) in [6, 6.07) is 0. The van der Waals surface area contributed by atoms with Crippen molar-refractivity contribution in [2.24, 2.45) is 28.1 Å². The van der Waals surface area contributed by atoms with Gasteiger partial charge in [-0.3, -0.25) is 4.79 Å². The van der Waals surface area contributed by atoms with Crippen LogP contribution < -0.4 is 0 Å². The number of carbonyl (C=O) groups excluding carboxylic acids is 1. The smallest absolute Gasteiger partial charge is 0.197 e. The van der Waals surface area contributed by atoms with E-state index in [0.717, 1.165) is 37.7 Å². The van der Waals surface area contributed by atoms with Gasteiger partial charge < -0.3 is 10.2 Å². The number of aliphatic hydroxyl groups is 2. The number of allylic oxidation sites excluding steroid dienone is 2. The Labute approximate surface area is 150 Å². The summed E-state index contributed by atoms with van der Waals surface area (Å²) < 4.78 is 0. The van der Waals surface area contributed by atoms with Crippen molar-refractivity contribution in [1.82, 2.24) is 0 Å². The second-order valence-electron chi connectivity index (χ2n) is 9.34. The van der Waals surface area contributed by atoms with Gasteiger partial charge in [0.2, 0.25) is 0 Å². The summed E-state index contributed by atoms with van der Waals surface area (Å²) in [5.74, 6) is 0.993. The fourth-order valence-electron chi connectivity index (χ4n) is 6.08. The first-order valence-corrected chi connectivity index (χ1v) is 9.79. The summed E-state index contributed by atoms with van der Waals surface area (Å²) in [4.78, 5) is 12.3. The number of alkyl halides is 1. The minimum absolute atomic E-state index is 0.00834. The molecule has 0 radical (unpaired) electrons. The summed E-state index contributed by atoms with van der Waals surface area (Å²) in [7, 11) is 0. The molecule has 0 saturated heterocycles. The van der Waals surface area contributed by atoms with E-state index in [2.05, 4.69) is 20.8 Å². The summed E-state index contributed by atoms with van der Waals surface area (Å²) in [5.41, 5.74) is 0.779. The molecule has 3 aliphatic rings. The first-order chi connectivity index (χ1) is 11.1. The number of Topliss-reactive ketones (excluding diaryl/α,β-unsaturated/α-hetero) is 1. The van der Waals surface area contributed by atoms with Gasteiger partial charge >= 0.3 is 0 Å². The van der Waals surface area contributed by atoms with Crippen LogP contribution in [0.5, 0.6) is 0 Å². The third-order valence-electron chi connectivity index (χ3n) is 8.27. The van der Waals surface area contributed by atoms with E-state index in [1.165, 1.54) is 0 Å². The van der Waals surface area contributed by atoms with Crippen LogP contribution in [0.25, 0.3) is 0 Å². The Morgan fingerprint density at radius 2 is 1.92 bits per heavy atom. The van der Waals surface area contributed by atoms with Gasteiger partial charge in [0.1, 0.15) is 0 Å². The number of hydrogen-bond donors (Lipinski definition) is 2. The van der Waals surface area contributed by atoms with Gasteiger partial charge in [-0.25, -0.2) is 0 Å². The van der Waals surface area contributed by atoms with E-state index in [1.807, 2.05) is 6.92 Å². The summed E-state index contributed by atoms with van der Waals surface area (Å²) in [6.45, 7) is 8.68. The van der Waals surface area contributed by atoms with E-state index in [9.17, 15) is 15.0 Å². The van der Waals surface area contributed by atoms with Crippen LogP contribution in [0.2, 0.25) is 0 Å². The average molecular weight is 355 g/mol. The molecule has 3 rings (SSSR count). The standard InChI is InChI=1S/C20H31ClO3/c1-12-17(24)14(22)9-15-19(12,3)6-5-13-10-18(2,16(23)11-21)7-8-20(13,15)4/h13,15-16,23-24H,5-11H2,1-4H3/t13-,15-,16?,18-,19+,20+/m0/s1. The van der Waals surface area contributed by atoms with Crippen molar-refractivity contribution in [3.8, 4) is 0 Å². The number of halogens is 1. The second-order valence-corrected chi connectivity index (χ2v) is 9.65.